The summed E-state index contributed by atoms with van der Waals surface area (Å²) in [7, 11) is 0. The summed E-state index contributed by atoms with van der Waals surface area (Å²) in [5.41, 5.74) is 14.8. The number of rotatable bonds is 7. The zero-order valence-electron chi connectivity index (χ0n) is 27.4. The van der Waals surface area contributed by atoms with Crippen LogP contribution < -0.4 is 4.90 Å². The summed E-state index contributed by atoms with van der Waals surface area (Å²) in [6, 6.07) is 71.1. The van der Waals surface area contributed by atoms with E-state index in [1.54, 1.807) is 0 Å². The molecule has 0 saturated carbocycles. The summed E-state index contributed by atoms with van der Waals surface area (Å²) in [5, 5.41) is 2.28. The lowest BCUT2D eigenvalue weighted by molar-refractivity contribution is 0.669. The number of para-hydroxylation sites is 2. The minimum Gasteiger partial charge on any atom is -0.456 e. The van der Waals surface area contributed by atoms with E-state index in [0.717, 1.165) is 39.0 Å². The van der Waals surface area contributed by atoms with E-state index in [0.29, 0.717) is 0 Å². The smallest absolute Gasteiger partial charge is 0.135 e. The van der Waals surface area contributed by atoms with Gasteiger partial charge in [-0.15, -0.1) is 0 Å². The molecule has 0 aliphatic rings. The summed E-state index contributed by atoms with van der Waals surface area (Å²) < 4.78 is 6.06. The maximum Gasteiger partial charge on any atom is 0.135 e. The van der Waals surface area contributed by atoms with Gasteiger partial charge in [0.05, 0.1) is 0 Å². The Bertz CT molecular complexity index is 2530. The molecule has 8 aromatic carbocycles. The molecule has 1 heterocycles. The van der Waals surface area contributed by atoms with Crippen LogP contribution in [0.25, 0.3) is 66.4 Å². The van der Waals surface area contributed by atoms with Gasteiger partial charge in [-0.3, -0.25) is 0 Å². The van der Waals surface area contributed by atoms with Crippen molar-refractivity contribution in [2.45, 2.75) is 0 Å². The van der Waals surface area contributed by atoms with Crippen LogP contribution in [0.4, 0.5) is 17.1 Å². The highest BCUT2D eigenvalue weighted by Crippen LogP contribution is 2.38. The lowest BCUT2D eigenvalue weighted by atomic mass is 9.98. The lowest BCUT2D eigenvalue weighted by Crippen LogP contribution is -2.09. The molecule has 0 bridgehead atoms. The van der Waals surface area contributed by atoms with Gasteiger partial charge in [-0.25, -0.2) is 0 Å². The molecule has 0 aliphatic heterocycles. The second-order valence-corrected chi connectivity index (χ2v) is 12.6. The minimum atomic E-state index is 0.912. The van der Waals surface area contributed by atoms with E-state index in [9.17, 15) is 0 Å². The molecule has 0 unspecified atom stereocenters. The van der Waals surface area contributed by atoms with Gasteiger partial charge in [-0.2, -0.15) is 0 Å². The van der Waals surface area contributed by atoms with Crippen molar-refractivity contribution < 1.29 is 4.42 Å². The molecule has 50 heavy (non-hydrogen) atoms. The van der Waals surface area contributed by atoms with Gasteiger partial charge in [0, 0.05) is 27.8 Å². The van der Waals surface area contributed by atoms with Crippen LogP contribution in [0.3, 0.4) is 0 Å². The van der Waals surface area contributed by atoms with Gasteiger partial charge < -0.3 is 9.32 Å². The molecule has 0 amide bonds. The molecule has 0 N–H and O–H groups in total. The summed E-state index contributed by atoms with van der Waals surface area (Å²) in [4.78, 5) is 2.31. The van der Waals surface area contributed by atoms with Crippen molar-refractivity contribution in [3.63, 3.8) is 0 Å². The van der Waals surface area contributed by atoms with Gasteiger partial charge in [0.2, 0.25) is 0 Å². The second-order valence-electron chi connectivity index (χ2n) is 12.6. The lowest BCUT2D eigenvalue weighted by Gasteiger charge is -2.26. The number of hydrogen-bond acceptors (Lipinski definition) is 2. The Labute approximate surface area is 292 Å². The minimum absolute atomic E-state index is 0.912. The average molecular weight is 640 g/mol. The fourth-order valence-electron chi connectivity index (χ4n) is 6.88. The Morgan fingerprint density at radius 1 is 0.260 bits per heavy atom. The Morgan fingerprint density at radius 2 is 0.620 bits per heavy atom. The molecule has 236 valence electrons. The van der Waals surface area contributed by atoms with E-state index in [4.69, 9.17) is 4.42 Å². The van der Waals surface area contributed by atoms with Gasteiger partial charge in [0.1, 0.15) is 11.2 Å². The highest BCUT2D eigenvalue weighted by Gasteiger charge is 2.14. The fraction of sp³-hybridized carbons (Fsp3) is 0. The van der Waals surface area contributed by atoms with Crippen LogP contribution in [0.1, 0.15) is 0 Å². The molecular weight excluding hydrogens is 607 g/mol. The Kier molecular flexibility index (Phi) is 7.53. The third kappa shape index (κ3) is 5.63. The van der Waals surface area contributed by atoms with Gasteiger partial charge in [-0.1, -0.05) is 146 Å². The third-order valence-corrected chi connectivity index (χ3v) is 9.52. The van der Waals surface area contributed by atoms with Crippen molar-refractivity contribution in [1.82, 2.24) is 0 Å². The van der Waals surface area contributed by atoms with E-state index < -0.39 is 0 Å². The van der Waals surface area contributed by atoms with Crippen LogP contribution in [0.2, 0.25) is 0 Å². The first-order valence-corrected chi connectivity index (χ1v) is 17.0. The summed E-state index contributed by atoms with van der Waals surface area (Å²) in [5.74, 6) is 0. The quantitative estimate of drug-likeness (QED) is 0.173. The molecule has 1 aromatic heterocycles. The molecule has 9 aromatic rings. The van der Waals surface area contributed by atoms with Crippen LogP contribution in [0.15, 0.2) is 205 Å². The Balaban J connectivity index is 0.977. The molecule has 0 radical (unpaired) electrons. The maximum atomic E-state index is 6.06. The van der Waals surface area contributed by atoms with Crippen molar-refractivity contribution in [1.29, 1.82) is 0 Å². The number of benzene rings is 8. The van der Waals surface area contributed by atoms with E-state index >= 15 is 0 Å². The summed E-state index contributed by atoms with van der Waals surface area (Å²) >= 11 is 0. The topological polar surface area (TPSA) is 16.4 Å². The van der Waals surface area contributed by atoms with Crippen molar-refractivity contribution in [2.75, 3.05) is 4.90 Å². The van der Waals surface area contributed by atoms with Crippen LogP contribution >= 0.6 is 0 Å². The average Bonchev–Trinajstić information content (AvgIpc) is 3.58. The highest BCUT2D eigenvalue weighted by molar-refractivity contribution is 6.06. The van der Waals surface area contributed by atoms with Gasteiger partial charge in [-0.05, 0) is 99.1 Å². The van der Waals surface area contributed by atoms with Crippen molar-refractivity contribution in [2.24, 2.45) is 0 Å². The van der Waals surface area contributed by atoms with E-state index in [1.807, 2.05) is 12.1 Å². The molecule has 0 fully saturated rings. The molecule has 0 aliphatic carbocycles. The first kappa shape index (κ1) is 29.5. The van der Waals surface area contributed by atoms with Crippen LogP contribution in [-0.2, 0) is 0 Å². The first-order chi connectivity index (χ1) is 24.8. The van der Waals surface area contributed by atoms with Crippen molar-refractivity contribution in [3.8, 4) is 44.5 Å². The second kappa shape index (κ2) is 12.8. The predicted octanol–water partition coefficient (Wildman–Crippen LogP) is 13.7. The predicted molar refractivity (Wildman–Crippen MR) is 210 cm³/mol. The molecule has 0 spiro atoms. The van der Waals surface area contributed by atoms with Gasteiger partial charge >= 0.3 is 0 Å². The van der Waals surface area contributed by atoms with E-state index in [-0.39, 0.29) is 0 Å². The zero-order valence-corrected chi connectivity index (χ0v) is 27.4. The van der Waals surface area contributed by atoms with Crippen molar-refractivity contribution in [3.05, 3.63) is 200 Å². The molecule has 2 nitrogen and oxygen atoms in total. The van der Waals surface area contributed by atoms with Crippen LogP contribution in [-0.4, -0.2) is 0 Å². The molecule has 0 saturated heterocycles. The van der Waals surface area contributed by atoms with E-state index in [1.165, 1.54) is 44.5 Å². The largest absolute Gasteiger partial charge is 0.456 e. The van der Waals surface area contributed by atoms with Gasteiger partial charge in [0.25, 0.3) is 0 Å². The maximum absolute atomic E-state index is 6.06. The number of anilines is 3. The summed E-state index contributed by atoms with van der Waals surface area (Å²) in [6.45, 7) is 0. The standard InChI is InChI=1S/C48H33NO/c1-3-9-34(10-4-1)35-15-17-36(18-16-35)37-19-21-38(22-20-37)39-23-28-43(29-24-39)49(42-11-5-2-6-12-42)44-30-25-40(26-31-44)41-27-32-48-46(33-41)45-13-7-8-14-47(45)50-48/h1-33H. The van der Waals surface area contributed by atoms with Crippen LogP contribution in [0, 0.1) is 0 Å². The highest BCUT2D eigenvalue weighted by atomic mass is 16.3. The number of furan rings is 1. The zero-order chi connectivity index (χ0) is 33.3. The molecule has 0 atom stereocenters. The normalized spacial score (nSPS) is 11.2. The van der Waals surface area contributed by atoms with E-state index in [2.05, 4.69) is 193 Å². The SMILES string of the molecule is c1ccc(-c2ccc(-c3ccc(-c4ccc(N(c5ccccc5)c5ccc(-c6ccc7oc8ccccc8c7c6)cc5)cc4)cc3)cc2)cc1. The summed E-state index contributed by atoms with van der Waals surface area (Å²) in [6.07, 6.45) is 0. The third-order valence-electron chi connectivity index (χ3n) is 9.52. The molecular formula is C48H33NO. The molecule has 2 heteroatoms. The Hall–Kier alpha value is -6.64. The number of nitrogens with zero attached hydrogens (tertiary/aromatic N) is 1. The van der Waals surface area contributed by atoms with Crippen molar-refractivity contribution >= 4 is 39.0 Å². The van der Waals surface area contributed by atoms with Crippen LogP contribution in [0.5, 0.6) is 0 Å². The first-order valence-electron chi connectivity index (χ1n) is 17.0. The molecule has 9 rings (SSSR count). The number of fused-ring (bicyclic) bond motifs is 3. The fourth-order valence-corrected chi connectivity index (χ4v) is 6.88. The van der Waals surface area contributed by atoms with Gasteiger partial charge in [0.15, 0.2) is 0 Å². The monoisotopic (exact) mass is 639 g/mol. The Morgan fingerprint density at radius 3 is 1.16 bits per heavy atom. The number of hydrogen-bond donors (Lipinski definition) is 0.